The van der Waals surface area contributed by atoms with Crippen molar-refractivity contribution in [1.29, 1.82) is 0 Å². The Kier molecular flexibility index (Phi) is 5.87. The third kappa shape index (κ3) is 4.39. The van der Waals surface area contributed by atoms with Crippen molar-refractivity contribution in [2.45, 2.75) is 43.5 Å². The zero-order valence-electron chi connectivity index (χ0n) is 17.0. The summed E-state index contributed by atoms with van der Waals surface area (Å²) in [6.07, 6.45) is 2.64. The second-order valence-corrected chi connectivity index (χ2v) is 9.37. The van der Waals surface area contributed by atoms with Crippen LogP contribution in [0.1, 0.15) is 32.6 Å². The molecular formula is C22H26N4O3S. The third-order valence-electron chi connectivity index (χ3n) is 5.46. The number of fused-ring (bicyclic) bond motifs is 1. The number of H-pyrrole nitrogens is 1. The van der Waals surface area contributed by atoms with Crippen molar-refractivity contribution < 1.29 is 13.2 Å². The van der Waals surface area contributed by atoms with Gasteiger partial charge in [0.2, 0.25) is 15.9 Å². The number of piperidine rings is 1. The van der Waals surface area contributed by atoms with Crippen molar-refractivity contribution in [3.05, 3.63) is 48.5 Å². The van der Waals surface area contributed by atoms with Crippen molar-refractivity contribution in [3.8, 4) is 11.4 Å². The first-order valence-corrected chi connectivity index (χ1v) is 11.8. The Labute approximate surface area is 176 Å². The fraction of sp³-hybridized carbons (Fsp3) is 0.364. The summed E-state index contributed by atoms with van der Waals surface area (Å²) in [6.45, 7) is 3.17. The molecule has 7 nitrogen and oxygen atoms in total. The number of hydrogen-bond acceptors (Lipinski definition) is 4. The van der Waals surface area contributed by atoms with Crippen molar-refractivity contribution in [1.82, 2.24) is 19.6 Å². The minimum atomic E-state index is -3.62. The molecule has 0 radical (unpaired) electrons. The molecule has 30 heavy (non-hydrogen) atoms. The first kappa shape index (κ1) is 20.6. The topological polar surface area (TPSA) is 95.2 Å². The van der Waals surface area contributed by atoms with Crippen LogP contribution in [-0.2, 0) is 14.8 Å². The fourth-order valence-corrected chi connectivity index (χ4v) is 5.09. The SMILES string of the molecule is CCCC(=O)N1CCC(NS(=O)(=O)c2ccc(-c3nc4ccccc4[nH]3)cc2)CC1. The number of amides is 1. The number of nitrogens with zero attached hydrogens (tertiary/aromatic N) is 2. The number of benzene rings is 2. The summed E-state index contributed by atoms with van der Waals surface area (Å²) in [6, 6.07) is 14.3. The van der Waals surface area contributed by atoms with E-state index in [2.05, 4.69) is 14.7 Å². The van der Waals surface area contributed by atoms with Crippen LogP contribution in [0.5, 0.6) is 0 Å². The summed E-state index contributed by atoms with van der Waals surface area (Å²) >= 11 is 0. The second-order valence-electron chi connectivity index (χ2n) is 7.65. The van der Waals surface area contributed by atoms with E-state index in [-0.39, 0.29) is 16.8 Å². The molecule has 0 aliphatic carbocycles. The van der Waals surface area contributed by atoms with Gasteiger partial charge in [0.25, 0.3) is 0 Å². The number of para-hydroxylation sites is 2. The molecule has 0 bridgehead atoms. The lowest BCUT2D eigenvalue weighted by Crippen LogP contribution is -2.46. The highest BCUT2D eigenvalue weighted by molar-refractivity contribution is 7.89. The zero-order chi connectivity index (χ0) is 21.1. The standard InChI is InChI=1S/C22H26N4O3S/c1-2-5-21(27)26-14-12-17(13-15-26)25-30(28,29)18-10-8-16(9-11-18)22-23-19-6-3-4-7-20(19)24-22/h3-4,6-11,17,25H,2,5,12-15H2,1H3,(H,23,24). The highest BCUT2D eigenvalue weighted by Gasteiger charge is 2.26. The molecular weight excluding hydrogens is 400 g/mol. The fourth-order valence-electron chi connectivity index (χ4n) is 3.79. The second kappa shape index (κ2) is 8.57. The predicted molar refractivity (Wildman–Crippen MR) is 116 cm³/mol. The highest BCUT2D eigenvalue weighted by Crippen LogP contribution is 2.22. The molecule has 1 aliphatic heterocycles. The number of aromatic nitrogens is 2. The van der Waals surface area contributed by atoms with Gasteiger partial charge in [-0.3, -0.25) is 4.79 Å². The van der Waals surface area contributed by atoms with Crippen LogP contribution in [0.3, 0.4) is 0 Å². The molecule has 2 heterocycles. The monoisotopic (exact) mass is 426 g/mol. The van der Waals surface area contributed by atoms with Crippen molar-refractivity contribution in [3.63, 3.8) is 0 Å². The molecule has 158 valence electrons. The molecule has 3 aromatic rings. The lowest BCUT2D eigenvalue weighted by molar-refractivity contribution is -0.132. The molecule has 1 fully saturated rings. The Morgan fingerprint density at radius 2 is 1.83 bits per heavy atom. The molecule has 1 amide bonds. The summed E-state index contributed by atoms with van der Waals surface area (Å²) < 4.78 is 28.4. The number of nitrogens with one attached hydrogen (secondary N) is 2. The molecule has 4 rings (SSSR count). The zero-order valence-corrected chi connectivity index (χ0v) is 17.8. The van der Waals surface area contributed by atoms with E-state index in [1.165, 1.54) is 0 Å². The van der Waals surface area contributed by atoms with E-state index in [9.17, 15) is 13.2 Å². The number of sulfonamides is 1. The number of aromatic amines is 1. The molecule has 8 heteroatoms. The minimum absolute atomic E-state index is 0.153. The lowest BCUT2D eigenvalue weighted by atomic mass is 10.1. The first-order valence-electron chi connectivity index (χ1n) is 10.3. The number of carbonyl (C=O) groups is 1. The highest BCUT2D eigenvalue weighted by atomic mass is 32.2. The summed E-state index contributed by atoms with van der Waals surface area (Å²) in [5.41, 5.74) is 2.64. The summed E-state index contributed by atoms with van der Waals surface area (Å²) in [5.74, 6) is 0.859. The predicted octanol–water partition coefficient (Wildman–Crippen LogP) is 3.30. The lowest BCUT2D eigenvalue weighted by Gasteiger charge is -2.32. The first-order chi connectivity index (χ1) is 14.5. The average Bonchev–Trinajstić information content (AvgIpc) is 3.19. The number of hydrogen-bond donors (Lipinski definition) is 2. The molecule has 0 atom stereocenters. The van der Waals surface area contributed by atoms with Crippen molar-refractivity contribution >= 4 is 27.0 Å². The number of likely N-dealkylation sites (tertiary alicyclic amines) is 1. The van der Waals surface area contributed by atoms with Gasteiger partial charge in [0.1, 0.15) is 5.82 Å². The van der Waals surface area contributed by atoms with E-state index >= 15 is 0 Å². The molecule has 1 aromatic heterocycles. The van der Waals surface area contributed by atoms with Crippen LogP contribution in [0.4, 0.5) is 0 Å². The van der Waals surface area contributed by atoms with Gasteiger partial charge in [-0.1, -0.05) is 19.1 Å². The molecule has 1 aliphatic rings. The van der Waals surface area contributed by atoms with E-state index in [4.69, 9.17) is 0 Å². The van der Waals surface area contributed by atoms with Gasteiger partial charge in [0, 0.05) is 31.1 Å². The van der Waals surface area contributed by atoms with Gasteiger partial charge >= 0.3 is 0 Å². The van der Waals surface area contributed by atoms with Crippen molar-refractivity contribution in [2.75, 3.05) is 13.1 Å². The van der Waals surface area contributed by atoms with E-state index in [0.29, 0.717) is 38.2 Å². The molecule has 2 aromatic carbocycles. The van der Waals surface area contributed by atoms with Gasteiger partial charge in [-0.25, -0.2) is 18.1 Å². The summed E-state index contributed by atoms with van der Waals surface area (Å²) in [5, 5.41) is 0. The Morgan fingerprint density at radius 1 is 1.13 bits per heavy atom. The van der Waals surface area contributed by atoms with Crippen LogP contribution in [0.2, 0.25) is 0 Å². The van der Waals surface area contributed by atoms with Gasteiger partial charge < -0.3 is 9.88 Å². The van der Waals surface area contributed by atoms with Crippen molar-refractivity contribution in [2.24, 2.45) is 0 Å². The Bertz CT molecular complexity index is 1100. The van der Waals surface area contributed by atoms with Gasteiger partial charge in [-0.15, -0.1) is 0 Å². The van der Waals surface area contributed by atoms with Crippen LogP contribution in [0.15, 0.2) is 53.4 Å². The number of carbonyl (C=O) groups excluding carboxylic acids is 1. The van der Waals surface area contributed by atoms with Gasteiger partial charge in [0.15, 0.2) is 0 Å². The largest absolute Gasteiger partial charge is 0.343 e. The molecule has 0 unspecified atom stereocenters. The maximum absolute atomic E-state index is 12.8. The maximum Gasteiger partial charge on any atom is 0.240 e. The van der Waals surface area contributed by atoms with Crippen LogP contribution in [-0.4, -0.2) is 48.3 Å². The van der Waals surface area contributed by atoms with Gasteiger partial charge in [0.05, 0.1) is 15.9 Å². The van der Waals surface area contributed by atoms with Crippen LogP contribution < -0.4 is 4.72 Å². The molecule has 0 spiro atoms. The number of rotatable bonds is 6. The summed E-state index contributed by atoms with van der Waals surface area (Å²) in [4.78, 5) is 21.9. The van der Waals surface area contributed by atoms with Gasteiger partial charge in [-0.2, -0.15) is 0 Å². The maximum atomic E-state index is 12.8. The normalized spacial score (nSPS) is 15.6. The summed E-state index contributed by atoms with van der Waals surface area (Å²) in [7, 11) is -3.62. The van der Waals surface area contributed by atoms with Gasteiger partial charge in [-0.05, 0) is 55.7 Å². The van der Waals surface area contributed by atoms with E-state index < -0.39 is 10.0 Å². The van der Waals surface area contributed by atoms with E-state index in [1.54, 1.807) is 24.3 Å². The quantitative estimate of drug-likeness (QED) is 0.632. The Morgan fingerprint density at radius 3 is 2.50 bits per heavy atom. The Balaban J connectivity index is 1.41. The average molecular weight is 427 g/mol. The smallest absolute Gasteiger partial charge is 0.240 e. The van der Waals surface area contributed by atoms with Crippen LogP contribution >= 0.6 is 0 Å². The van der Waals surface area contributed by atoms with Crippen LogP contribution in [0, 0.1) is 0 Å². The number of imidazole rings is 1. The molecule has 2 N–H and O–H groups in total. The third-order valence-corrected chi connectivity index (χ3v) is 7.00. The molecule has 0 saturated carbocycles. The van der Waals surface area contributed by atoms with Crippen LogP contribution in [0.25, 0.3) is 22.4 Å². The minimum Gasteiger partial charge on any atom is -0.343 e. The van der Waals surface area contributed by atoms with E-state index in [0.717, 1.165) is 23.0 Å². The Hall–Kier alpha value is -2.71. The molecule has 1 saturated heterocycles. The van der Waals surface area contributed by atoms with E-state index in [1.807, 2.05) is 36.1 Å².